The van der Waals surface area contributed by atoms with E-state index >= 15 is 0 Å². The van der Waals surface area contributed by atoms with Crippen molar-refractivity contribution in [2.45, 2.75) is 6.54 Å². The van der Waals surface area contributed by atoms with Gasteiger partial charge in [-0.25, -0.2) is 4.39 Å². The Labute approximate surface area is 126 Å². The van der Waals surface area contributed by atoms with Crippen LogP contribution in [0, 0.1) is 5.82 Å². The second-order valence-corrected chi connectivity index (χ2v) is 5.65. The molecule has 0 spiro atoms. The molecule has 0 saturated heterocycles. The van der Waals surface area contributed by atoms with Crippen LogP contribution in [0.1, 0.15) is 15.9 Å². The van der Waals surface area contributed by atoms with E-state index in [1.54, 1.807) is 18.2 Å². The van der Waals surface area contributed by atoms with Crippen molar-refractivity contribution in [2.75, 3.05) is 13.6 Å². The van der Waals surface area contributed by atoms with Gasteiger partial charge in [-0.15, -0.1) is 0 Å². The summed E-state index contributed by atoms with van der Waals surface area (Å²) in [6.07, 6.45) is 0. The van der Waals surface area contributed by atoms with Crippen molar-refractivity contribution in [1.29, 1.82) is 0 Å². The number of Topliss-reactive ketones (excluding diaryl/α,β-unsaturated/α-hetero) is 1. The number of rotatable bonds is 5. The van der Waals surface area contributed by atoms with Crippen LogP contribution in [0.2, 0.25) is 0 Å². The summed E-state index contributed by atoms with van der Waals surface area (Å²) in [7, 11) is 1.85. The van der Waals surface area contributed by atoms with Gasteiger partial charge in [0.05, 0.1) is 6.54 Å². The summed E-state index contributed by atoms with van der Waals surface area (Å²) in [5, 5.41) is 0. The molecule has 0 unspecified atom stereocenters. The van der Waals surface area contributed by atoms with Crippen LogP contribution in [-0.4, -0.2) is 24.3 Å². The van der Waals surface area contributed by atoms with E-state index in [9.17, 15) is 9.18 Å². The van der Waals surface area contributed by atoms with E-state index in [0.717, 1.165) is 10.0 Å². The van der Waals surface area contributed by atoms with E-state index in [1.807, 2.05) is 30.1 Å². The SMILES string of the molecule is CN(CC(=O)c1ccc(Br)cc1)Cc1cccc(F)c1. The lowest BCUT2D eigenvalue weighted by Crippen LogP contribution is -2.25. The van der Waals surface area contributed by atoms with Crippen LogP contribution in [0.4, 0.5) is 4.39 Å². The third-order valence-corrected chi connectivity index (χ3v) is 3.45. The zero-order valence-corrected chi connectivity index (χ0v) is 12.7. The van der Waals surface area contributed by atoms with Gasteiger partial charge in [-0.05, 0) is 36.9 Å². The lowest BCUT2D eigenvalue weighted by Gasteiger charge is -2.16. The van der Waals surface area contributed by atoms with E-state index in [0.29, 0.717) is 18.7 Å². The smallest absolute Gasteiger partial charge is 0.176 e. The molecule has 104 valence electrons. The van der Waals surface area contributed by atoms with Crippen LogP contribution < -0.4 is 0 Å². The van der Waals surface area contributed by atoms with Gasteiger partial charge in [0, 0.05) is 16.6 Å². The number of hydrogen-bond acceptors (Lipinski definition) is 2. The minimum absolute atomic E-state index is 0.0522. The highest BCUT2D eigenvalue weighted by atomic mass is 79.9. The summed E-state index contributed by atoms with van der Waals surface area (Å²) in [6.45, 7) is 0.845. The maximum absolute atomic E-state index is 13.1. The fourth-order valence-electron chi connectivity index (χ4n) is 1.98. The number of carbonyl (C=O) groups is 1. The molecule has 2 nitrogen and oxygen atoms in total. The molecule has 20 heavy (non-hydrogen) atoms. The van der Waals surface area contributed by atoms with Gasteiger partial charge in [-0.3, -0.25) is 9.69 Å². The number of likely N-dealkylation sites (N-methyl/N-ethyl adjacent to an activating group) is 1. The van der Waals surface area contributed by atoms with E-state index in [-0.39, 0.29) is 11.6 Å². The number of ketones is 1. The number of carbonyl (C=O) groups excluding carboxylic acids is 1. The first-order valence-corrected chi connectivity index (χ1v) is 7.05. The summed E-state index contributed by atoms with van der Waals surface area (Å²) < 4.78 is 14.0. The van der Waals surface area contributed by atoms with Gasteiger partial charge in [0.25, 0.3) is 0 Å². The molecule has 0 amide bonds. The molecule has 0 aliphatic heterocycles. The topological polar surface area (TPSA) is 20.3 Å². The monoisotopic (exact) mass is 335 g/mol. The van der Waals surface area contributed by atoms with E-state index < -0.39 is 0 Å². The fraction of sp³-hybridized carbons (Fsp3) is 0.188. The van der Waals surface area contributed by atoms with Crippen molar-refractivity contribution in [3.05, 3.63) is 69.9 Å². The van der Waals surface area contributed by atoms with Crippen LogP contribution in [-0.2, 0) is 6.54 Å². The Hall–Kier alpha value is -1.52. The van der Waals surface area contributed by atoms with Crippen LogP contribution >= 0.6 is 15.9 Å². The molecule has 0 heterocycles. The van der Waals surface area contributed by atoms with Crippen molar-refractivity contribution < 1.29 is 9.18 Å². The van der Waals surface area contributed by atoms with Crippen molar-refractivity contribution in [3.63, 3.8) is 0 Å². The molecule has 0 aliphatic rings. The van der Waals surface area contributed by atoms with E-state index in [1.165, 1.54) is 12.1 Å². The third kappa shape index (κ3) is 4.25. The molecule has 2 aromatic rings. The van der Waals surface area contributed by atoms with Gasteiger partial charge in [0.1, 0.15) is 5.82 Å². The largest absolute Gasteiger partial charge is 0.295 e. The van der Waals surface area contributed by atoms with Crippen LogP contribution in [0.3, 0.4) is 0 Å². The molecule has 2 rings (SSSR count). The number of benzene rings is 2. The maximum Gasteiger partial charge on any atom is 0.176 e. The first-order valence-electron chi connectivity index (χ1n) is 6.26. The summed E-state index contributed by atoms with van der Waals surface area (Å²) >= 11 is 3.34. The lowest BCUT2D eigenvalue weighted by molar-refractivity contribution is 0.0943. The van der Waals surface area contributed by atoms with Crippen LogP contribution in [0.25, 0.3) is 0 Å². The Morgan fingerprint density at radius 3 is 2.55 bits per heavy atom. The van der Waals surface area contributed by atoms with Crippen LogP contribution in [0.15, 0.2) is 53.0 Å². The van der Waals surface area contributed by atoms with Gasteiger partial charge >= 0.3 is 0 Å². The zero-order chi connectivity index (χ0) is 14.5. The Bertz CT molecular complexity index is 598. The molecule has 0 bridgehead atoms. The predicted octanol–water partition coefficient (Wildman–Crippen LogP) is 3.90. The second-order valence-electron chi connectivity index (χ2n) is 4.73. The summed E-state index contributed by atoms with van der Waals surface area (Å²) in [5.41, 5.74) is 1.54. The maximum atomic E-state index is 13.1. The molecule has 0 radical (unpaired) electrons. The van der Waals surface area contributed by atoms with Gasteiger partial charge in [-0.2, -0.15) is 0 Å². The third-order valence-electron chi connectivity index (χ3n) is 2.92. The lowest BCUT2D eigenvalue weighted by atomic mass is 10.1. The number of nitrogens with zero attached hydrogens (tertiary/aromatic N) is 1. The standard InChI is InChI=1S/C16H15BrFNO/c1-19(10-12-3-2-4-15(18)9-12)11-16(20)13-5-7-14(17)8-6-13/h2-9H,10-11H2,1H3. The van der Waals surface area contributed by atoms with Crippen molar-refractivity contribution in [1.82, 2.24) is 4.90 Å². The van der Waals surface area contributed by atoms with Gasteiger partial charge in [0.15, 0.2) is 5.78 Å². The zero-order valence-electron chi connectivity index (χ0n) is 11.1. The van der Waals surface area contributed by atoms with Crippen LogP contribution in [0.5, 0.6) is 0 Å². The summed E-state index contributed by atoms with van der Waals surface area (Å²) in [4.78, 5) is 14.0. The van der Waals surface area contributed by atoms with E-state index in [4.69, 9.17) is 0 Å². The molecule has 0 N–H and O–H groups in total. The molecule has 0 saturated carbocycles. The normalized spacial score (nSPS) is 10.8. The molecule has 0 fully saturated rings. The Morgan fingerprint density at radius 1 is 1.20 bits per heavy atom. The second kappa shape index (κ2) is 6.77. The number of hydrogen-bond donors (Lipinski definition) is 0. The van der Waals surface area contributed by atoms with Crippen molar-refractivity contribution in [3.8, 4) is 0 Å². The van der Waals surface area contributed by atoms with Gasteiger partial charge < -0.3 is 0 Å². The molecule has 0 aliphatic carbocycles. The average molecular weight is 336 g/mol. The summed E-state index contributed by atoms with van der Waals surface area (Å²) in [6, 6.07) is 13.7. The highest BCUT2D eigenvalue weighted by Gasteiger charge is 2.10. The number of halogens is 2. The molecular weight excluding hydrogens is 321 g/mol. The Balaban J connectivity index is 1.95. The van der Waals surface area contributed by atoms with Gasteiger partial charge in [-0.1, -0.05) is 40.2 Å². The highest BCUT2D eigenvalue weighted by molar-refractivity contribution is 9.10. The van der Waals surface area contributed by atoms with E-state index in [2.05, 4.69) is 15.9 Å². The first kappa shape index (κ1) is 14.9. The fourth-order valence-corrected chi connectivity index (χ4v) is 2.24. The highest BCUT2D eigenvalue weighted by Crippen LogP contribution is 2.12. The molecule has 0 aromatic heterocycles. The minimum Gasteiger partial charge on any atom is -0.295 e. The van der Waals surface area contributed by atoms with Gasteiger partial charge in [0.2, 0.25) is 0 Å². The Kier molecular flexibility index (Phi) is 5.04. The minimum atomic E-state index is -0.255. The molecule has 0 atom stereocenters. The first-order chi connectivity index (χ1) is 9.54. The average Bonchev–Trinajstić information content (AvgIpc) is 2.39. The van der Waals surface area contributed by atoms with Crippen molar-refractivity contribution in [2.24, 2.45) is 0 Å². The predicted molar refractivity (Wildman–Crippen MR) is 81.2 cm³/mol. The summed E-state index contributed by atoms with van der Waals surface area (Å²) in [5.74, 6) is -0.202. The molecular formula is C16H15BrFNO. The quantitative estimate of drug-likeness (QED) is 0.772. The molecule has 4 heteroatoms. The van der Waals surface area contributed by atoms with Crippen molar-refractivity contribution >= 4 is 21.7 Å². The molecule has 2 aromatic carbocycles. The Morgan fingerprint density at radius 2 is 1.90 bits per heavy atom.